The third-order valence-electron chi connectivity index (χ3n) is 5.42. The van der Waals surface area contributed by atoms with Crippen LogP contribution in [0.3, 0.4) is 0 Å². The van der Waals surface area contributed by atoms with Gasteiger partial charge < -0.3 is 14.6 Å². The highest BCUT2D eigenvalue weighted by Gasteiger charge is 2.56. The van der Waals surface area contributed by atoms with Gasteiger partial charge in [-0.15, -0.1) is 0 Å². The van der Waals surface area contributed by atoms with Crippen LogP contribution in [0.4, 0.5) is 0 Å². The number of carbonyl (C=O) groups is 1. The molecule has 0 aromatic heterocycles. The second-order valence-electron chi connectivity index (χ2n) is 6.74. The molecule has 5 heteroatoms. The lowest BCUT2D eigenvalue weighted by Crippen LogP contribution is -2.49. The Morgan fingerprint density at radius 3 is 3.09 bits per heavy atom. The minimum absolute atomic E-state index is 0.0138. The summed E-state index contributed by atoms with van der Waals surface area (Å²) in [6.07, 6.45) is 6.72. The maximum absolute atomic E-state index is 11.3. The van der Waals surface area contributed by atoms with E-state index in [0.29, 0.717) is 12.6 Å². The average molecular weight is 315 g/mol. The quantitative estimate of drug-likeness (QED) is 0.489. The molecule has 1 N–H and O–H groups in total. The molecule has 0 radical (unpaired) electrons. The fraction of sp³-hybridized carbons (Fsp3) is 0.500. The Labute approximate surface area is 135 Å². The molecule has 0 amide bonds. The van der Waals surface area contributed by atoms with Crippen molar-refractivity contribution in [2.24, 2.45) is 0 Å². The van der Waals surface area contributed by atoms with Gasteiger partial charge in [0, 0.05) is 19.5 Å². The highest BCUT2D eigenvalue weighted by molar-refractivity contribution is 5.71. The van der Waals surface area contributed by atoms with Crippen molar-refractivity contribution in [3.8, 4) is 11.5 Å². The summed E-state index contributed by atoms with van der Waals surface area (Å²) in [4.78, 5) is 13.7. The predicted octanol–water partition coefficient (Wildman–Crippen LogP) is 2.12. The monoisotopic (exact) mass is 315 g/mol. The van der Waals surface area contributed by atoms with E-state index in [1.807, 2.05) is 6.07 Å². The SMILES string of the molecule is CC(=O)Oc1cc2c(cc1O)CO[C@H]1CN(C)[C@@H]3CCC=C[C@]213. The fourth-order valence-electron chi connectivity index (χ4n) is 4.52. The van der Waals surface area contributed by atoms with Gasteiger partial charge in [0.25, 0.3) is 0 Å². The molecule has 5 nitrogen and oxygen atoms in total. The summed E-state index contributed by atoms with van der Waals surface area (Å²) in [5, 5.41) is 10.1. The molecule has 0 saturated carbocycles. The minimum atomic E-state index is -0.430. The van der Waals surface area contributed by atoms with Crippen LogP contribution in [0.2, 0.25) is 0 Å². The Bertz CT molecular complexity index is 699. The van der Waals surface area contributed by atoms with E-state index in [2.05, 4.69) is 24.1 Å². The first-order chi connectivity index (χ1) is 11.0. The van der Waals surface area contributed by atoms with Crippen LogP contribution in [0.1, 0.15) is 30.9 Å². The van der Waals surface area contributed by atoms with Crippen LogP contribution in [-0.4, -0.2) is 41.7 Å². The first-order valence-electron chi connectivity index (χ1n) is 8.06. The zero-order chi connectivity index (χ0) is 16.2. The van der Waals surface area contributed by atoms with Crippen molar-refractivity contribution in [2.75, 3.05) is 13.6 Å². The van der Waals surface area contributed by atoms with E-state index in [-0.39, 0.29) is 23.0 Å². The fourth-order valence-corrected chi connectivity index (χ4v) is 4.52. The van der Waals surface area contributed by atoms with Crippen LogP contribution in [0.25, 0.3) is 0 Å². The molecule has 4 rings (SSSR count). The second-order valence-corrected chi connectivity index (χ2v) is 6.74. The van der Waals surface area contributed by atoms with Crippen LogP contribution in [0.15, 0.2) is 24.3 Å². The maximum Gasteiger partial charge on any atom is 0.308 e. The number of aromatic hydroxyl groups is 1. The van der Waals surface area contributed by atoms with Crippen molar-refractivity contribution in [1.29, 1.82) is 0 Å². The van der Waals surface area contributed by atoms with Crippen molar-refractivity contribution in [3.05, 3.63) is 35.4 Å². The summed E-state index contributed by atoms with van der Waals surface area (Å²) in [6, 6.07) is 3.88. The van der Waals surface area contributed by atoms with Gasteiger partial charge in [0.1, 0.15) is 0 Å². The number of allylic oxidation sites excluding steroid dienone is 1. The van der Waals surface area contributed by atoms with Gasteiger partial charge in [-0.2, -0.15) is 0 Å². The van der Waals surface area contributed by atoms with E-state index >= 15 is 0 Å². The Balaban J connectivity index is 1.90. The van der Waals surface area contributed by atoms with Crippen LogP contribution < -0.4 is 4.74 Å². The minimum Gasteiger partial charge on any atom is -0.504 e. The molecule has 1 aromatic carbocycles. The average Bonchev–Trinajstić information content (AvgIpc) is 2.81. The third kappa shape index (κ3) is 2.03. The van der Waals surface area contributed by atoms with Gasteiger partial charge in [0.2, 0.25) is 0 Å². The Hall–Kier alpha value is -1.85. The summed E-state index contributed by atoms with van der Waals surface area (Å²) in [5.74, 6) is -0.209. The summed E-state index contributed by atoms with van der Waals surface area (Å²) in [7, 11) is 2.14. The van der Waals surface area contributed by atoms with Crippen LogP contribution in [0.5, 0.6) is 11.5 Å². The second kappa shape index (κ2) is 5.08. The number of likely N-dealkylation sites (tertiary alicyclic amines) is 1. The normalized spacial score (nSPS) is 32.1. The zero-order valence-electron chi connectivity index (χ0n) is 13.4. The highest BCUT2D eigenvalue weighted by atomic mass is 16.5. The number of phenols is 1. The molecule has 122 valence electrons. The van der Waals surface area contributed by atoms with Gasteiger partial charge >= 0.3 is 5.97 Å². The van der Waals surface area contributed by atoms with Crippen molar-refractivity contribution in [1.82, 2.24) is 4.90 Å². The molecule has 1 fully saturated rings. The molecule has 1 aliphatic carbocycles. The first kappa shape index (κ1) is 14.7. The molecule has 0 bridgehead atoms. The number of likely N-dealkylation sites (N-methyl/N-ethyl adjacent to an activating group) is 1. The summed E-state index contributed by atoms with van der Waals surface area (Å²) in [5.41, 5.74) is 1.87. The molecule has 2 aliphatic heterocycles. The van der Waals surface area contributed by atoms with E-state index in [4.69, 9.17) is 9.47 Å². The molecule has 1 saturated heterocycles. The Morgan fingerprint density at radius 2 is 2.30 bits per heavy atom. The molecule has 3 aliphatic rings. The van der Waals surface area contributed by atoms with Crippen molar-refractivity contribution >= 4 is 5.97 Å². The number of carbonyl (C=O) groups excluding carboxylic acids is 1. The van der Waals surface area contributed by atoms with Crippen LogP contribution in [-0.2, 0) is 21.6 Å². The number of nitrogens with zero attached hydrogens (tertiary/aromatic N) is 1. The van der Waals surface area contributed by atoms with E-state index in [1.165, 1.54) is 6.92 Å². The number of phenolic OH excluding ortho intramolecular Hbond substituents is 1. The van der Waals surface area contributed by atoms with Crippen molar-refractivity contribution < 1.29 is 19.4 Å². The Kier molecular flexibility index (Phi) is 3.25. The van der Waals surface area contributed by atoms with Gasteiger partial charge in [-0.1, -0.05) is 12.2 Å². The number of ether oxygens (including phenoxy) is 2. The number of rotatable bonds is 1. The van der Waals surface area contributed by atoms with E-state index < -0.39 is 5.97 Å². The summed E-state index contributed by atoms with van der Waals surface area (Å²) in [6.45, 7) is 2.71. The van der Waals surface area contributed by atoms with Crippen molar-refractivity contribution in [2.45, 2.75) is 43.9 Å². The largest absolute Gasteiger partial charge is 0.504 e. The third-order valence-corrected chi connectivity index (χ3v) is 5.42. The smallest absolute Gasteiger partial charge is 0.308 e. The lowest BCUT2D eigenvalue weighted by Gasteiger charge is -2.44. The molecule has 1 spiro atoms. The number of hydrogen-bond acceptors (Lipinski definition) is 5. The van der Waals surface area contributed by atoms with Crippen LogP contribution in [0, 0.1) is 0 Å². The first-order valence-corrected chi connectivity index (χ1v) is 8.06. The lowest BCUT2D eigenvalue weighted by molar-refractivity contribution is -0.132. The van der Waals surface area contributed by atoms with E-state index in [1.54, 1.807) is 6.07 Å². The van der Waals surface area contributed by atoms with Gasteiger partial charge in [-0.25, -0.2) is 0 Å². The van der Waals surface area contributed by atoms with Gasteiger partial charge in [-0.05, 0) is 43.1 Å². The number of esters is 1. The molecule has 3 atom stereocenters. The van der Waals surface area contributed by atoms with Gasteiger partial charge in [0.15, 0.2) is 11.5 Å². The molecular formula is C18H21NO4. The van der Waals surface area contributed by atoms with E-state index in [9.17, 15) is 9.90 Å². The van der Waals surface area contributed by atoms with Gasteiger partial charge in [-0.3, -0.25) is 9.69 Å². The predicted molar refractivity (Wildman–Crippen MR) is 84.5 cm³/mol. The standard InChI is InChI=1S/C18H21NO4/c1-11(20)23-15-8-13-12(7-14(15)21)10-22-17-9-19(2)16-5-3-4-6-18(13,16)17/h4,6-8,16-17,21H,3,5,9-10H2,1-2H3/t16-,17+,18-/m1/s1. The molecule has 2 heterocycles. The van der Waals surface area contributed by atoms with E-state index in [0.717, 1.165) is 30.5 Å². The summed E-state index contributed by atoms with van der Waals surface area (Å²) < 4.78 is 11.3. The molecule has 1 aromatic rings. The van der Waals surface area contributed by atoms with Gasteiger partial charge in [0.05, 0.1) is 18.1 Å². The molecule has 23 heavy (non-hydrogen) atoms. The number of fused-ring (bicyclic) bond motifs is 1. The molecule has 0 unspecified atom stereocenters. The van der Waals surface area contributed by atoms with Crippen LogP contribution >= 0.6 is 0 Å². The Morgan fingerprint density at radius 1 is 1.48 bits per heavy atom. The summed E-state index contributed by atoms with van der Waals surface area (Å²) >= 11 is 0. The number of hydrogen-bond donors (Lipinski definition) is 1. The topological polar surface area (TPSA) is 59.0 Å². The maximum atomic E-state index is 11.3. The lowest BCUT2D eigenvalue weighted by atomic mass is 9.66. The molecular weight excluding hydrogens is 294 g/mol. The number of benzene rings is 1. The zero-order valence-corrected chi connectivity index (χ0v) is 13.4. The van der Waals surface area contributed by atoms with Crippen molar-refractivity contribution in [3.63, 3.8) is 0 Å². The highest BCUT2D eigenvalue weighted by Crippen LogP contribution is 2.52.